The predicted molar refractivity (Wildman–Crippen MR) is 76.8 cm³/mol. The normalized spacial score (nSPS) is 18.8. The molecule has 1 aliphatic rings. The van der Waals surface area contributed by atoms with Gasteiger partial charge in [-0.1, -0.05) is 19.1 Å². The summed E-state index contributed by atoms with van der Waals surface area (Å²) in [6, 6.07) is 9.80. The Morgan fingerprint density at radius 1 is 1.37 bits per heavy atom. The second-order valence-electron chi connectivity index (χ2n) is 4.65. The first kappa shape index (κ1) is 12.4. The van der Waals surface area contributed by atoms with Crippen molar-refractivity contribution in [2.75, 3.05) is 11.4 Å². The Morgan fingerprint density at radius 3 is 3.00 bits per heavy atom. The number of carbonyl (C=O) groups is 1. The average molecular weight is 273 g/mol. The number of hydrogen-bond acceptors (Lipinski definition) is 3. The molecule has 0 radical (unpaired) electrons. The molecule has 1 amide bonds. The summed E-state index contributed by atoms with van der Waals surface area (Å²) in [6.45, 7) is 2.95. The van der Waals surface area contributed by atoms with Crippen molar-refractivity contribution in [2.45, 2.75) is 23.5 Å². The van der Waals surface area contributed by atoms with Crippen LogP contribution in [0.25, 0.3) is 0 Å². The number of carbonyl (C=O) groups excluding carboxylic acids is 1. The van der Waals surface area contributed by atoms with Crippen LogP contribution in [0, 0.1) is 0 Å². The molecule has 2 heterocycles. The van der Waals surface area contributed by atoms with Crippen LogP contribution in [0.15, 0.2) is 52.2 Å². The summed E-state index contributed by atoms with van der Waals surface area (Å²) in [5.41, 5.74) is 1.61. The van der Waals surface area contributed by atoms with Gasteiger partial charge < -0.3 is 9.32 Å². The molecule has 0 spiro atoms. The van der Waals surface area contributed by atoms with E-state index >= 15 is 0 Å². The molecule has 1 unspecified atom stereocenters. The fourth-order valence-corrected chi connectivity index (χ4v) is 3.35. The van der Waals surface area contributed by atoms with E-state index in [0.29, 0.717) is 10.8 Å². The zero-order chi connectivity index (χ0) is 13.2. The van der Waals surface area contributed by atoms with Gasteiger partial charge in [0.15, 0.2) is 0 Å². The number of nitrogens with zero attached hydrogens (tertiary/aromatic N) is 1. The Morgan fingerprint density at radius 2 is 2.21 bits per heavy atom. The standard InChI is InChI=1S/C15H15NO2S/c1-11-6-8-16(15(17)12-7-9-18-10-12)13-4-2-3-5-14(13)19-11/h2-5,7,9-11H,6,8H2,1H3. The maximum Gasteiger partial charge on any atom is 0.261 e. The molecule has 0 fully saturated rings. The van der Waals surface area contributed by atoms with Gasteiger partial charge in [0, 0.05) is 16.7 Å². The average Bonchev–Trinajstić information content (AvgIpc) is 2.89. The Labute approximate surface area is 116 Å². The van der Waals surface area contributed by atoms with Gasteiger partial charge in [0.25, 0.3) is 5.91 Å². The Bertz CT molecular complexity index is 580. The van der Waals surface area contributed by atoms with Crippen LogP contribution in [0.5, 0.6) is 0 Å². The van der Waals surface area contributed by atoms with Crippen molar-refractivity contribution in [3.63, 3.8) is 0 Å². The number of benzene rings is 1. The van der Waals surface area contributed by atoms with Gasteiger partial charge in [0.1, 0.15) is 6.26 Å². The zero-order valence-corrected chi connectivity index (χ0v) is 11.5. The third-order valence-corrected chi connectivity index (χ3v) is 4.49. The van der Waals surface area contributed by atoms with Crippen LogP contribution in [0.3, 0.4) is 0 Å². The molecule has 1 aliphatic heterocycles. The van der Waals surface area contributed by atoms with Crippen molar-refractivity contribution in [2.24, 2.45) is 0 Å². The molecule has 4 heteroatoms. The highest BCUT2D eigenvalue weighted by Crippen LogP contribution is 2.37. The molecule has 0 aliphatic carbocycles. The van der Waals surface area contributed by atoms with Crippen LogP contribution in [0.1, 0.15) is 23.7 Å². The van der Waals surface area contributed by atoms with E-state index in [1.807, 2.05) is 34.9 Å². The number of para-hydroxylation sites is 1. The van der Waals surface area contributed by atoms with Crippen molar-refractivity contribution in [1.82, 2.24) is 0 Å². The molecule has 0 bridgehead atoms. The van der Waals surface area contributed by atoms with Crippen LogP contribution in [-0.2, 0) is 0 Å². The predicted octanol–water partition coefficient (Wildman–Crippen LogP) is 3.81. The first-order valence-electron chi connectivity index (χ1n) is 6.35. The minimum atomic E-state index is 0.0101. The summed E-state index contributed by atoms with van der Waals surface area (Å²) in [7, 11) is 0. The van der Waals surface area contributed by atoms with E-state index in [0.717, 1.165) is 18.7 Å². The third-order valence-electron chi connectivity index (χ3n) is 3.26. The number of hydrogen-bond donors (Lipinski definition) is 0. The lowest BCUT2D eigenvalue weighted by Gasteiger charge is -2.21. The van der Waals surface area contributed by atoms with Crippen LogP contribution >= 0.6 is 11.8 Å². The van der Waals surface area contributed by atoms with Crippen molar-refractivity contribution in [3.05, 3.63) is 48.4 Å². The van der Waals surface area contributed by atoms with Gasteiger partial charge in [0.2, 0.25) is 0 Å². The lowest BCUT2D eigenvalue weighted by molar-refractivity contribution is 0.0986. The highest BCUT2D eigenvalue weighted by atomic mass is 32.2. The number of amides is 1. The molecule has 2 aromatic rings. The molecule has 3 nitrogen and oxygen atoms in total. The minimum absolute atomic E-state index is 0.0101. The van der Waals surface area contributed by atoms with E-state index in [4.69, 9.17) is 4.42 Å². The Kier molecular flexibility index (Phi) is 3.34. The summed E-state index contributed by atoms with van der Waals surface area (Å²) in [4.78, 5) is 15.6. The number of anilines is 1. The van der Waals surface area contributed by atoms with Crippen LogP contribution in [-0.4, -0.2) is 17.7 Å². The Hall–Kier alpha value is -1.68. The summed E-state index contributed by atoms with van der Waals surface area (Å²) in [5.74, 6) is 0.0101. The van der Waals surface area contributed by atoms with Gasteiger partial charge in [-0.15, -0.1) is 11.8 Å². The van der Waals surface area contributed by atoms with Crippen molar-refractivity contribution >= 4 is 23.4 Å². The molecule has 1 aromatic carbocycles. The number of furan rings is 1. The number of thioether (sulfide) groups is 1. The summed E-state index contributed by atoms with van der Waals surface area (Å²) < 4.78 is 5.01. The monoisotopic (exact) mass is 273 g/mol. The fraction of sp³-hybridized carbons (Fsp3) is 0.267. The zero-order valence-electron chi connectivity index (χ0n) is 10.7. The molecular formula is C15H15NO2S. The quantitative estimate of drug-likeness (QED) is 0.792. The topological polar surface area (TPSA) is 33.5 Å². The molecule has 98 valence electrons. The molecule has 0 saturated carbocycles. The molecular weight excluding hydrogens is 258 g/mol. The molecule has 0 N–H and O–H groups in total. The minimum Gasteiger partial charge on any atom is -0.472 e. The van der Waals surface area contributed by atoms with Gasteiger partial charge in [-0.2, -0.15) is 0 Å². The highest BCUT2D eigenvalue weighted by molar-refractivity contribution is 8.00. The van der Waals surface area contributed by atoms with Gasteiger partial charge in [-0.3, -0.25) is 4.79 Å². The van der Waals surface area contributed by atoms with E-state index in [9.17, 15) is 4.79 Å². The van der Waals surface area contributed by atoms with E-state index in [1.54, 1.807) is 6.07 Å². The summed E-state index contributed by atoms with van der Waals surface area (Å²) in [6.07, 6.45) is 4.03. The molecule has 3 rings (SSSR count). The van der Waals surface area contributed by atoms with Crippen molar-refractivity contribution < 1.29 is 9.21 Å². The second kappa shape index (κ2) is 5.13. The first-order valence-corrected chi connectivity index (χ1v) is 7.23. The fourth-order valence-electron chi connectivity index (χ4n) is 2.24. The summed E-state index contributed by atoms with van der Waals surface area (Å²) in [5, 5.41) is 0.517. The van der Waals surface area contributed by atoms with Crippen molar-refractivity contribution in [3.8, 4) is 0 Å². The molecule has 1 aromatic heterocycles. The second-order valence-corrected chi connectivity index (χ2v) is 6.13. The van der Waals surface area contributed by atoms with Gasteiger partial charge in [-0.05, 0) is 24.6 Å². The lowest BCUT2D eigenvalue weighted by atomic mass is 10.2. The van der Waals surface area contributed by atoms with Crippen LogP contribution in [0.4, 0.5) is 5.69 Å². The van der Waals surface area contributed by atoms with Gasteiger partial charge in [-0.25, -0.2) is 0 Å². The summed E-state index contributed by atoms with van der Waals surface area (Å²) >= 11 is 1.83. The van der Waals surface area contributed by atoms with Gasteiger partial charge >= 0.3 is 0 Å². The molecule has 1 atom stereocenters. The molecule has 19 heavy (non-hydrogen) atoms. The maximum absolute atomic E-state index is 12.5. The lowest BCUT2D eigenvalue weighted by Crippen LogP contribution is -2.31. The van der Waals surface area contributed by atoms with E-state index in [1.165, 1.54) is 17.4 Å². The highest BCUT2D eigenvalue weighted by Gasteiger charge is 2.25. The first-order chi connectivity index (χ1) is 9.25. The number of rotatable bonds is 1. The SMILES string of the molecule is CC1CCN(C(=O)c2ccoc2)c2ccccc2S1. The van der Waals surface area contributed by atoms with Crippen LogP contribution < -0.4 is 4.90 Å². The van der Waals surface area contributed by atoms with E-state index in [-0.39, 0.29) is 5.91 Å². The number of fused-ring (bicyclic) bond motifs is 1. The van der Waals surface area contributed by atoms with Crippen molar-refractivity contribution in [1.29, 1.82) is 0 Å². The largest absolute Gasteiger partial charge is 0.472 e. The third kappa shape index (κ3) is 2.40. The van der Waals surface area contributed by atoms with E-state index in [2.05, 4.69) is 13.0 Å². The smallest absolute Gasteiger partial charge is 0.261 e. The molecule has 0 saturated heterocycles. The van der Waals surface area contributed by atoms with Gasteiger partial charge in [0.05, 0.1) is 17.5 Å². The van der Waals surface area contributed by atoms with E-state index < -0.39 is 0 Å². The van der Waals surface area contributed by atoms with Crippen LogP contribution in [0.2, 0.25) is 0 Å². The maximum atomic E-state index is 12.5. The Balaban J connectivity index is 2.00.